The number of aromatic nitrogens is 2. The van der Waals surface area contributed by atoms with Crippen LogP contribution in [0.1, 0.15) is 29.4 Å². The number of rotatable bonds is 6. The van der Waals surface area contributed by atoms with Gasteiger partial charge < -0.3 is 10.6 Å². The van der Waals surface area contributed by atoms with Crippen LogP contribution in [0.25, 0.3) is 0 Å². The molecule has 0 radical (unpaired) electrons. The SMILES string of the molecule is CCc1nc(NC)cc(NC(C)Cc2ccc(C)s2)n1. The van der Waals surface area contributed by atoms with E-state index in [-0.39, 0.29) is 0 Å². The molecule has 2 heterocycles. The molecular weight excluding hydrogens is 268 g/mol. The van der Waals surface area contributed by atoms with E-state index in [4.69, 9.17) is 0 Å². The summed E-state index contributed by atoms with van der Waals surface area (Å²) in [6.45, 7) is 6.39. The molecule has 0 bridgehead atoms. The van der Waals surface area contributed by atoms with Gasteiger partial charge in [0.25, 0.3) is 0 Å². The zero-order valence-electron chi connectivity index (χ0n) is 12.5. The van der Waals surface area contributed by atoms with Crippen molar-refractivity contribution in [2.75, 3.05) is 17.7 Å². The summed E-state index contributed by atoms with van der Waals surface area (Å²) in [6.07, 6.45) is 1.85. The second-order valence-electron chi connectivity index (χ2n) is 4.92. The van der Waals surface area contributed by atoms with Gasteiger partial charge in [-0.05, 0) is 26.0 Å². The molecule has 2 aromatic heterocycles. The number of hydrogen-bond acceptors (Lipinski definition) is 5. The molecule has 20 heavy (non-hydrogen) atoms. The third-order valence-electron chi connectivity index (χ3n) is 3.04. The highest BCUT2D eigenvalue weighted by atomic mass is 32.1. The molecule has 0 aliphatic heterocycles. The van der Waals surface area contributed by atoms with E-state index in [0.29, 0.717) is 6.04 Å². The summed E-state index contributed by atoms with van der Waals surface area (Å²) >= 11 is 1.86. The normalized spacial score (nSPS) is 12.2. The molecule has 1 atom stereocenters. The smallest absolute Gasteiger partial charge is 0.132 e. The van der Waals surface area contributed by atoms with Gasteiger partial charge in [0.15, 0.2) is 0 Å². The zero-order valence-corrected chi connectivity index (χ0v) is 13.3. The third-order valence-corrected chi connectivity index (χ3v) is 4.07. The van der Waals surface area contributed by atoms with Gasteiger partial charge in [-0.1, -0.05) is 6.92 Å². The predicted octanol–water partition coefficient (Wildman–Crippen LogP) is 3.49. The molecule has 1 unspecified atom stereocenters. The van der Waals surface area contributed by atoms with Crippen LogP contribution in [0.3, 0.4) is 0 Å². The minimum atomic E-state index is 0.345. The Hall–Kier alpha value is -1.62. The lowest BCUT2D eigenvalue weighted by molar-refractivity contribution is 0.789. The van der Waals surface area contributed by atoms with E-state index in [9.17, 15) is 0 Å². The van der Waals surface area contributed by atoms with Crippen molar-refractivity contribution in [3.63, 3.8) is 0 Å². The van der Waals surface area contributed by atoms with Crippen molar-refractivity contribution in [3.05, 3.63) is 33.8 Å². The van der Waals surface area contributed by atoms with Crippen molar-refractivity contribution in [3.8, 4) is 0 Å². The molecule has 0 fully saturated rings. The summed E-state index contributed by atoms with van der Waals surface area (Å²) in [4.78, 5) is 11.7. The Morgan fingerprint density at radius 2 is 2.00 bits per heavy atom. The van der Waals surface area contributed by atoms with Crippen molar-refractivity contribution in [1.29, 1.82) is 0 Å². The molecule has 0 aromatic carbocycles. The van der Waals surface area contributed by atoms with Crippen molar-refractivity contribution < 1.29 is 0 Å². The summed E-state index contributed by atoms with van der Waals surface area (Å²) < 4.78 is 0. The van der Waals surface area contributed by atoms with Crippen molar-refractivity contribution in [1.82, 2.24) is 9.97 Å². The molecule has 0 aliphatic carbocycles. The minimum absolute atomic E-state index is 0.345. The Labute approximate surface area is 124 Å². The van der Waals surface area contributed by atoms with Crippen LogP contribution in [0.15, 0.2) is 18.2 Å². The summed E-state index contributed by atoms with van der Waals surface area (Å²) in [5.41, 5.74) is 0. The van der Waals surface area contributed by atoms with Gasteiger partial charge in [-0.15, -0.1) is 11.3 Å². The number of hydrogen-bond donors (Lipinski definition) is 2. The highest BCUT2D eigenvalue weighted by Crippen LogP contribution is 2.19. The van der Waals surface area contributed by atoms with Crippen LogP contribution in [0, 0.1) is 6.92 Å². The van der Waals surface area contributed by atoms with Crippen LogP contribution in [0.4, 0.5) is 11.6 Å². The van der Waals surface area contributed by atoms with Gasteiger partial charge in [0.05, 0.1) is 0 Å². The van der Waals surface area contributed by atoms with E-state index in [0.717, 1.165) is 30.3 Å². The highest BCUT2D eigenvalue weighted by molar-refractivity contribution is 7.11. The maximum absolute atomic E-state index is 4.53. The Morgan fingerprint density at radius 1 is 1.25 bits per heavy atom. The average Bonchev–Trinajstić information content (AvgIpc) is 2.83. The van der Waals surface area contributed by atoms with Gasteiger partial charge in [0, 0.05) is 41.8 Å². The van der Waals surface area contributed by atoms with Crippen molar-refractivity contribution in [2.24, 2.45) is 0 Å². The molecule has 0 aliphatic rings. The maximum atomic E-state index is 4.53. The Morgan fingerprint density at radius 3 is 2.60 bits per heavy atom. The van der Waals surface area contributed by atoms with E-state index in [1.807, 2.05) is 24.5 Å². The fraction of sp³-hybridized carbons (Fsp3) is 0.467. The number of nitrogens with one attached hydrogen (secondary N) is 2. The lowest BCUT2D eigenvalue weighted by Gasteiger charge is -2.15. The second-order valence-corrected chi connectivity index (χ2v) is 6.29. The number of nitrogens with zero attached hydrogens (tertiary/aromatic N) is 2. The van der Waals surface area contributed by atoms with E-state index in [1.54, 1.807) is 0 Å². The number of aryl methyl sites for hydroxylation is 2. The molecule has 2 N–H and O–H groups in total. The van der Waals surface area contributed by atoms with Gasteiger partial charge in [-0.3, -0.25) is 0 Å². The Bertz CT molecular complexity index is 543. The molecule has 4 nitrogen and oxygen atoms in total. The molecule has 0 amide bonds. The van der Waals surface area contributed by atoms with Crippen LogP contribution in [0.5, 0.6) is 0 Å². The number of thiophene rings is 1. The standard InChI is InChI=1S/C15H22N4S/c1-5-13-18-14(16-4)9-15(19-13)17-10(2)8-12-7-6-11(3)20-12/h6-7,9-10H,5,8H2,1-4H3,(H2,16,17,18,19). The fourth-order valence-electron chi connectivity index (χ4n) is 2.06. The van der Waals surface area contributed by atoms with E-state index in [2.05, 4.69) is 53.5 Å². The van der Waals surface area contributed by atoms with Gasteiger partial charge in [-0.25, -0.2) is 9.97 Å². The molecule has 0 saturated heterocycles. The maximum Gasteiger partial charge on any atom is 0.132 e. The monoisotopic (exact) mass is 290 g/mol. The molecule has 2 rings (SSSR count). The van der Waals surface area contributed by atoms with E-state index in [1.165, 1.54) is 9.75 Å². The predicted molar refractivity (Wildman–Crippen MR) is 86.8 cm³/mol. The largest absolute Gasteiger partial charge is 0.373 e. The second kappa shape index (κ2) is 6.70. The molecule has 108 valence electrons. The van der Waals surface area contributed by atoms with Gasteiger partial charge in [-0.2, -0.15) is 0 Å². The van der Waals surface area contributed by atoms with Crippen molar-refractivity contribution >= 4 is 23.0 Å². The summed E-state index contributed by atoms with van der Waals surface area (Å²) in [5, 5.41) is 6.54. The van der Waals surface area contributed by atoms with Crippen LogP contribution in [0.2, 0.25) is 0 Å². The summed E-state index contributed by atoms with van der Waals surface area (Å²) in [6, 6.07) is 6.67. The quantitative estimate of drug-likeness (QED) is 0.855. The lowest BCUT2D eigenvalue weighted by atomic mass is 10.2. The first kappa shape index (κ1) is 14.8. The van der Waals surface area contributed by atoms with Crippen LogP contribution in [-0.4, -0.2) is 23.1 Å². The minimum Gasteiger partial charge on any atom is -0.373 e. The third kappa shape index (κ3) is 3.93. The van der Waals surface area contributed by atoms with Gasteiger partial charge in [0.1, 0.15) is 17.5 Å². The first-order valence-electron chi connectivity index (χ1n) is 6.98. The zero-order chi connectivity index (χ0) is 14.5. The fourth-order valence-corrected chi connectivity index (χ4v) is 3.08. The van der Waals surface area contributed by atoms with Gasteiger partial charge >= 0.3 is 0 Å². The molecule has 2 aromatic rings. The van der Waals surface area contributed by atoms with E-state index >= 15 is 0 Å². The lowest BCUT2D eigenvalue weighted by Crippen LogP contribution is -2.19. The molecule has 0 saturated carbocycles. The highest BCUT2D eigenvalue weighted by Gasteiger charge is 2.08. The summed E-state index contributed by atoms with van der Waals surface area (Å²) in [5.74, 6) is 2.61. The average molecular weight is 290 g/mol. The molecular formula is C15H22N4S. The van der Waals surface area contributed by atoms with E-state index < -0.39 is 0 Å². The summed E-state index contributed by atoms with van der Waals surface area (Å²) in [7, 11) is 1.88. The van der Waals surface area contributed by atoms with Crippen LogP contribution in [-0.2, 0) is 12.8 Å². The van der Waals surface area contributed by atoms with Gasteiger partial charge in [0.2, 0.25) is 0 Å². The first-order chi connectivity index (χ1) is 9.60. The van der Waals surface area contributed by atoms with Crippen LogP contribution >= 0.6 is 11.3 Å². The Kier molecular flexibility index (Phi) is 4.95. The van der Waals surface area contributed by atoms with Crippen molar-refractivity contribution in [2.45, 2.75) is 39.7 Å². The molecule has 0 spiro atoms. The molecule has 5 heteroatoms. The Balaban J connectivity index is 2.04. The van der Waals surface area contributed by atoms with Crippen LogP contribution < -0.4 is 10.6 Å². The first-order valence-corrected chi connectivity index (χ1v) is 7.80. The number of anilines is 2. The topological polar surface area (TPSA) is 49.8 Å².